The third-order valence-corrected chi connectivity index (χ3v) is 3.96. The number of hydrogen-bond acceptors (Lipinski definition) is 2. The SMILES string of the molecule is O=C(O)C1(Cc2ccc(Br)cc2F)CCCNC1. The van der Waals surface area contributed by atoms with Crippen molar-refractivity contribution in [3.8, 4) is 0 Å². The molecule has 0 aromatic heterocycles. The van der Waals surface area contributed by atoms with E-state index in [0.717, 1.165) is 13.0 Å². The number of carbonyl (C=O) groups is 1. The first kappa shape index (κ1) is 13.5. The number of carboxylic acids is 1. The van der Waals surface area contributed by atoms with E-state index in [1.807, 2.05) is 0 Å². The van der Waals surface area contributed by atoms with E-state index >= 15 is 0 Å². The number of piperidine rings is 1. The van der Waals surface area contributed by atoms with Gasteiger partial charge in [-0.15, -0.1) is 0 Å². The Morgan fingerprint density at radius 3 is 2.89 bits per heavy atom. The minimum absolute atomic E-state index is 0.231. The Balaban J connectivity index is 2.26. The zero-order valence-electron chi connectivity index (χ0n) is 9.88. The molecule has 0 bridgehead atoms. The molecule has 0 radical (unpaired) electrons. The lowest BCUT2D eigenvalue weighted by Crippen LogP contribution is -2.47. The van der Waals surface area contributed by atoms with Crippen LogP contribution in [0.4, 0.5) is 4.39 Å². The van der Waals surface area contributed by atoms with Crippen molar-refractivity contribution in [3.05, 3.63) is 34.1 Å². The summed E-state index contributed by atoms with van der Waals surface area (Å²) < 4.78 is 14.5. The number of aliphatic carboxylic acids is 1. The first-order valence-corrected chi connectivity index (χ1v) is 6.71. The smallest absolute Gasteiger partial charge is 0.311 e. The number of halogens is 2. The van der Waals surface area contributed by atoms with Crippen molar-refractivity contribution in [2.24, 2.45) is 5.41 Å². The zero-order chi connectivity index (χ0) is 13.2. The molecule has 1 aliphatic rings. The maximum Gasteiger partial charge on any atom is 0.311 e. The Bertz CT molecular complexity index is 458. The summed E-state index contributed by atoms with van der Waals surface area (Å²) in [5.41, 5.74) is -0.420. The zero-order valence-corrected chi connectivity index (χ0v) is 11.5. The Hall–Kier alpha value is -0.940. The van der Waals surface area contributed by atoms with Crippen LogP contribution >= 0.6 is 15.9 Å². The second-order valence-electron chi connectivity index (χ2n) is 4.78. The average molecular weight is 316 g/mol. The highest BCUT2D eigenvalue weighted by Gasteiger charge is 2.40. The van der Waals surface area contributed by atoms with E-state index in [1.165, 1.54) is 6.07 Å². The highest BCUT2D eigenvalue weighted by atomic mass is 79.9. The summed E-state index contributed by atoms with van der Waals surface area (Å²) in [5, 5.41) is 12.5. The van der Waals surface area contributed by atoms with Crippen LogP contribution in [0, 0.1) is 11.2 Å². The van der Waals surface area contributed by atoms with Crippen LogP contribution in [0.1, 0.15) is 18.4 Å². The van der Waals surface area contributed by atoms with Gasteiger partial charge in [0.25, 0.3) is 0 Å². The molecular formula is C13H15BrFNO2. The molecule has 0 saturated carbocycles. The number of carboxylic acid groups (broad SMARTS) is 1. The Morgan fingerprint density at radius 1 is 1.56 bits per heavy atom. The molecule has 1 saturated heterocycles. The van der Waals surface area contributed by atoms with E-state index in [2.05, 4.69) is 21.2 Å². The first-order valence-electron chi connectivity index (χ1n) is 5.92. The molecule has 3 nitrogen and oxygen atoms in total. The van der Waals surface area contributed by atoms with Gasteiger partial charge in [-0.2, -0.15) is 0 Å². The van der Waals surface area contributed by atoms with Crippen molar-refractivity contribution in [2.75, 3.05) is 13.1 Å². The van der Waals surface area contributed by atoms with Crippen LogP contribution < -0.4 is 5.32 Å². The molecule has 1 heterocycles. The summed E-state index contributed by atoms with van der Waals surface area (Å²) in [4.78, 5) is 11.5. The second kappa shape index (κ2) is 5.36. The van der Waals surface area contributed by atoms with Gasteiger partial charge in [-0.1, -0.05) is 22.0 Å². The molecule has 0 aliphatic carbocycles. The highest BCUT2D eigenvalue weighted by molar-refractivity contribution is 9.10. The van der Waals surface area contributed by atoms with Crippen molar-refractivity contribution in [3.63, 3.8) is 0 Å². The van der Waals surface area contributed by atoms with Crippen LogP contribution in [0.5, 0.6) is 0 Å². The van der Waals surface area contributed by atoms with Gasteiger partial charge in [-0.25, -0.2) is 4.39 Å². The predicted molar refractivity (Wildman–Crippen MR) is 70.0 cm³/mol. The van der Waals surface area contributed by atoms with E-state index in [-0.39, 0.29) is 12.2 Å². The van der Waals surface area contributed by atoms with Gasteiger partial charge in [-0.05, 0) is 43.5 Å². The van der Waals surface area contributed by atoms with Crippen LogP contribution in [0.2, 0.25) is 0 Å². The molecular weight excluding hydrogens is 301 g/mol. The molecule has 98 valence electrons. The van der Waals surface area contributed by atoms with Gasteiger partial charge >= 0.3 is 5.97 Å². The lowest BCUT2D eigenvalue weighted by atomic mass is 9.76. The number of hydrogen-bond donors (Lipinski definition) is 2. The normalized spacial score (nSPS) is 23.9. The second-order valence-corrected chi connectivity index (χ2v) is 5.69. The monoisotopic (exact) mass is 315 g/mol. The maximum atomic E-state index is 13.8. The van der Waals surface area contributed by atoms with Crippen molar-refractivity contribution >= 4 is 21.9 Å². The fraction of sp³-hybridized carbons (Fsp3) is 0.462. The Morgan fingerprint density at radius 2 is 2.33 bits per heavy atom. The minimum Gasteiger partial charge on any atom is -0.481 e. The molecule has 1 unspecified atom stereocenters. The summed E-state index contributed by atoms with van der Waals surface area (Å²) >= 11 is 3.20. The summed E-state index contributed by atoms with van der Waals surface area (Å²) in [7, 11) is 0. The summed E-state index contributed by atoms with van der Waals surface area (Å²) in [6, 6.07) is 4.77. The van der Waals surface area contributed by atoms with Gasteiger partial charge < -0.3 is 10.4 Å². The molecule has 18 heavy (non-hydrogen) atoms. The van der Waals surface area contributed by atoms with Crippen LogP contribution in [0.3, 0.4) is 0 Å². The third-order valence-electron chi connectivity index (χ3n) is 3.47. The Labute approximate surface area is 114 Å². The molecule has 2 rings (SSSR count). The summed E-state index contributed by atoms with van der Waals surface area (Å²) in [5.74, 6) is -1.20. The van der Waals surface area contributed by atoms with E-state index in [0.29, 0.717) is 23.0 Å². The topological polar surface area (TPSA) is 49.3 Å². The van der Waals surface area contributed by atoms with Crippen molar-refractivity contribution < 1.29 is 14.3 Å². The molecule has 5 heteroatoms. The van der Waals surface area contributed by atoms with Gasteiger partial charge in [-0.3, -0.25) is 4.79 Å². The summed E-state index contributed by atoms with van der Waals surface area (Å²) in [6.07, 6.45) is 1.63. The van der Waals surface area contributed by atoms with E-state index in [1.54, 1.807) is 12.1 Å². The molecule has 0 amide bonds. The van der Waals surface area contributed by atoms with Gasteiger partial charge in [0.2, 0.25) is 0 Å². The summed E-state index contributed by atoms with van der Waals surface area (Å²) in [6.45, 7) is 1.23. The van der Waals surface area contributed by atoms with Crippen molar-refractivity contribution in [2.45, 2.75) is 19.3 Å². The molecule has 2 N–H and O–H groups in total. The van der Waals surface area contributed by atoms with Crippen molar-refractivity contribution in [1.82, 2.24) is 5.32 Å². The molecule has 1 aromatic rings. The Kier molecular flexibility index (Phi) is 4.02. The lowest BCUT2D eigenvalue weighted by Gasteiger charge is -2.33. The van der Waals surface area contributed by atoms with Crippen LogP contribution in [-0.2, 0) is 11.2 Å². The number of benzene rings is 1. The molecule has 0 spiro atoms. The van der Waals surface area contributed by atoms with Gasteiger partial charge in [0.1, 0.15) is 5.82 Å². The van der Waals surface area contributed by atoms with E-state index < -0.39 is 11.4 Å². The molecule has 1 atom stereocenters. The number of rotatable bonds is 3. The molecule has 1 aliphatic heterocycles. The molecule has 1 aromatic carbocycles. The highest BCUT2D eigenvalue weighted by Crippen LogP contribution is 2.32. The standard InChI is InChI=1S/C13H15BrFNO2/c14-10-3-2-9(11(15)6-10)7-13(12(17)18)4-1-5-16-8-13/h2-3,6,16H,1,4-5,7-8H2,(H,17,18). The number of nitrogens with one attached hydrogen (secondary N) is 1. The van der Waals surface area contributed by atoms with Gasteiger partial charge in [0.15, 0.2) is 0 Å². The van der Waals surface area contributed by atoms with Crippen LogP contribution in [0.25, 0.3) is 0 Å². The fourth-order valence-electron chi connectivity index (χ4n) is 2.41. The third kappa shape index (κ3) is 2.72. The first-order chi connectivity index (χ1) is 8.53. The quantitative estimate of drug-likeness (QED) is 0.901. The van der Waals surface area contributed by atoms with Gasteiger partial charge in [0.05, 0.1) is 5.41 Å². The van der Waals surface area contributed by atoms with Crippen LogP contribution in [0.15, 0.2) is 22.7 Å². The average Bonchev–Trinajstić information content (AvgIpc) is 2.34. The predicted octanol–water partition coefficient (Wildman–Crippen LogP) is 2.59. The van der Waals surface area contributed by atoms with Crippen molar-refractivity contribution in [1.29, 1.82) is 0 Å². The fourth-order valence-corrected chi connectivity index (χ4v) is 2.74. The lowest BCUT2D eigenvalue weighted by molar-refractivity contribution is -0.150. The minimum atomic E-state index is -0.882. The largest absolute Gasteiger partial charge is 0.481 e. The van der Waals surface area contributed by atoms with Gasteiger partial charge in [0, 0.05) is 11.0 Å². The maximum absolute atomic E-state index is 13.8. The molecule has 1 fully saturated rings. The van der Waals surface area contributed by atoms with E-state index in [9.17, 15) is 14.3 Å². The van der Waals surface area contributed by atoms with E-state index in [4.69, 9.17) is 0 Å². The van der Waals surface area contributed by atoms with Crippen LogP contribution in [-0.4, -0.2) is 24.2 Å².